The van der Waals surface area contributed by atoms with E-state index in [0.29, 0.717) is 0 Å². The van der Waals surface area contributed by atoms with Gasteiger partial charge in [-0.2, -0.15) is 0 Å². The summed E-state index contributed by atoms with van der Waals surface area (Å²) >= 11 is 0. The van der Waals surface area contributed by atoms with Gasteiger partial charge in [0.15, 0.2) is 0 Å². The van der Waals surface area contributed by atoms with E-state index in [9.17, 15) is 0 Å². The van der Waals surface area contributed by atoms with E-state index in [2.05, 4.69) is 0 Å². The SMILES string of the molecule is CB1OC2[C@H]3OB(C)O[C@@H]2[C@@H]2OB(C)O[C@H]3C2O1. The molecular formula is C9H15B3O6. The minimum Gasteiger partial charge on any atom is -0.403 e. The van der Waals surface area contributed by atoms with Crippen LogP contribution in [0.3, 0.4) is 0 Å². The molecule has 0 radical (unpaired) electrons. The lowest BCUT2D eigenvalue weighted by Crippen LogP contribution is -2.73. The second-order valence-electron chi connectivity index (χ2n) is 5.31. The Bertz CT molecular complexity index is 303. The molecule has 0 aromatic rings. The molecule has 4 heterocycles. The van der Waals surface area contributed by atoms with Gasteiger partial charge in [0.25, 0.3) is 0 Å². The van der Waals surface area contributed by atoms with Gasteiger partial charge in [-0.3, -0.25) is 0 Å². The Morgan fingerprint density at radius 3 is 0.778 bits per heavy atom. The minimum absolute atomic E-state index is 0.142. The van der Waals surface area contributed by atoms with Crippen LogP contribution in [0, 0.1) is 0 Å². The first-order chi connectivity index (χ1) is 8.63. The summed E-state index contributed by atoms with van der Waals surface area (Å²) in [7, 11) is -0.819. The van der Waals surface area contributed by atoms with E-state index in [0.717, 1.165) is 0 Å². The summed E-state index contributed by atoms with van der Waals surface area (Å²) in [5, 5.41) is 0. The molecule has 18 heavy (non-hydrogen) atoms. The van der Waals surface area contributed by atoms with Crippen LogP contribution in [0.2, 0.25) is 20.5 Å². The number of rotatable bonds is 0. The quantitative estimate of drug-likeness (QED) is 0.552. The number of fused-ring (bicyclic) bond motifs is 2. The molecule has 5 fully saturated rings. The van der Waals surface area contributed by atoms with Gasteiger partial charge in [0.05, 0.1) is 36.6 Å². The molecule has 1 aliphatic carbocycles. The maximum atomic E-state index is 5.86. The Morgan fingerprint density at radius 1 is 0.444 bits per heavy atom. The van der Waals surface area contributed by atoms with Crippen molar-refractivity contribution in [3.63, 3.8) is 0 Å². The van der Waals surface area contributed by atoms with Gasteiger partial charge in [-0.25, -0.2) is 0 Å². The van der Waals surface area contributed by atoms with Crippen LogP contribution in [-0.4, -0.2) is 58.0 Å². The third-order valence-corrected chi connectivity index (χ3v) is 4.04. The van der Waals surface area contributed by atoms with Gasteiger partial charge in [0.2, 0.25) is 0 Å². The molecule has 1 saturated carbocycles. The minimum atomic E-state index is -0.291. The molecule has 0 aromatic heterocycles. The Labute approximate surface area is 107 Å². The molecule has 6 bridgehead atoms. The van der Waals surface area contributed by atoms with Crippen LogP contribution < -0.4 is 0 Å². The highest BCUT2D eigenvalue weighted by molar-refractivity contribution is 6.45. The second kappa shape index (κ2) is 3.97. The third-order valence-electron chi connectivity index (χ3n) is 4.04. The predicted octanol–water partition coefficient (Wildman–Crippen LogP) is -0.294. The fraction of sp³-hybridized carbons (Fsp3) is 1.00. The summed E-state index contributed by atoms with van der Waals surface area (Å²) in [6.45, 7) is 5.66. The molecule has 0 N–H and O–H groups in total. The van der Waals surface area contributed by atoms with Crippen molar-refractivity contribution in [3.05, 3.63) is 0 Å². The first-order valence-corrected chi connectivity index (χ1v) is 6.56. The van der Waals surface area contributed by atoms with Gasteiger partial charge in [-0.05, 0) is 20.5 Å². The summed E-state index contributed by atoms with van der Waals surface area (Å²) < 4.78 is 35.1. The van der Waals surface area contributed by atoms with Crippen LogP contribution >= 0.6 is 0 Å². The van der Waals surface area contributed by atoms with Crippen LogP contribution in [-0.2, 0) is 27.9 Å². The lowest BCUT2D eigenvalue weighted by Gasteiger charge is -2.55. The van der Waals surface area contributed by atoms with Crippen molar-refractivity contribution in [1.82, 2.24) is 0 Å². The highest BCUT2D eigenvalue weighted by Gasteiger charge is 2.63. The van der Waals surface area contributed by atoms with Crippen molar-refractivity contribution in [2.45, 2.75) is 57.1 Å². The van der Waals surface area contributed by atoms with Crippen molar-refractivity contribution in [2.24, 2.45) is 0 Å². The van der Waals surface area contributed by atoms with E-state index in [4.69, 9.17) is 27.9 Å². The standard InChI is InChI=1S/C9H15B3O6/c1-10-13-4-6-9-7(16-11(2)15-6)5(14-10)8(4)17-12(3)18-9/h4-9H,1-3H3/t4-,5+,6+,7-,8?,9?. The molecule has 4 aliphatic heterocycles. The second-order valence-corrected chi connectivity index (χ2v) is 5.31. The molecule has 6 nitrogen and oxygen atoms in total. The predicted molar refractivity (Wildman–Crippen MR) is 64.1 cm³/mol. The van der Waals surface area contributed by atoms with Crippen LogP contribution in [0.15, 0.2) is 0 Å². The van der Waals surface area contributed by atoms with Gasteiger partial charge < -0.3 is 27.9 Å². The summed E-state index contributed by atoms with van der Waals surface area (Å²) in [5.74, 6) is 0. The summed E-state index contributed by atoms with van der Waals surface area (Å²) in [5.41, 5.74) is 0. The van der Waals surface area contributed by atoms with E-state index in [1.807, 2.05) is 20.5 Å². The Balaban J connectivity index is 1.75. The Hall–Kier alpha value is -0.0452. The van der Waals surface area contributed by atoms with E-state index in [1.165, 1.54) is 0 Å². The zero-order valence-corrected chi connectivity index (χ0v) is 10.6. The lowest BCUT2D eigenvalue weighted by molar-refractivity contribution is -0.225. The largest absolute Gasteiger partial charge is 0.454 e. The highest BCUT2D eigenvalue weighted by atomic mass is 16.7. The highest BCUT2D eigenvalue weighted by Crippen LogP contribution is 2.42. The molecule has 9 heteroatoms. The van der Waals surface area contributed by atoms with Gasteiger partial charge in [0.1, 0.15) is 0 Å². The normalized spacial score (nSPS) is 50.5. The van der Waals surface area contributed by atoms with Gasteiger partial charge in [0, 0.05) is 0 Å². The molecule has 0 amide bonds. The van der Waals surface area contributed by atoms with E-state index >= 15 is 0 Å². The van der Waals surface area contributed by atoms with Crippen LogP contribution in [0.1, 0.15) is 0 Å². The number of hydrogen-bond donors (Lipinski definition) is 0. The van der Waals surface area contributed by atoms with Crippen molar-refractivity contribution >= 4 is 21.4 Å². The summed E-state index contributed by atoms with van der Waals surface area (Å²) in [6.07, 6.45) is -0.935. The maximum Gasteiger partial charge on any atom is 0.454 e. The van der Waals surface area contributed by atoms with Crippen molar-refractivity contribution in [1.29, 1.82) is 0 Å². The Kier molecular flexibility index (Phi) is 2.60. The zero-order chi connectivity index (χ0) is 12.4. The molecule has 0 aromatic carbocycles. The third kappa shape index (κ3) is 1.55. The van der Waals surface area contributed by atoms with Gasteiger partial charge in [-0.1, -0.05) is 0 Å². The maximum absolute atomic E-state index is 5.86. The van der Waals surface area contributed by atoms with E-state index < -0.39 is 0 Å². The number of hydrogen-bond acceptors (Lipinski definition) is 6. The average Bonchev–Trinajstić information content (AvgIpc) is 2.52. The van der Waals surface area contributed by atoms with Crippen molar-refractivity contribution in [2.75, 3.05) is 0 Å². The lowest BCUT2D eigenvalue weighted by atomic mass is 9.74. The summed E-state index contributed by atoms with van der Waals surface area (Å²) in [6, 6.07) is 0. The molecule has 0 spiro atoms. The molecule has 5 aliphatic rings. The fourth-order valence-electron chi connectivity index (χ4n) is 3.47. The monoisotopic (exact) mass is 252 g/mol. The molecule has 96 valence electrons. The topological polar surface area (TPSA) is 55.4 Å². The van der Waals surface area contributed by atoms with Gasteiger partial charge >= 0.3 is 21.4 Å². The molecular weight excluding hydrogens is 237 g/mol. The molecule has 0 unspecified atom stereocenters. The first kappa shape index (κ1) is 11.8. The van der Waals surface area contributed by atoms with Crippen molar-refractivity contribution < 1.29 is 27.9 Å². The zero-order valence-electron chi connectivity index (χ0n) is 10.6. The van der Waals surface area contributed by atoms with Crippen LogP contribution in [0.25, 0.3) is 0 Å². The van der Waals surface area contributed by atoms with E-state index in [-0.39, 0.29) is 58.0 Å². The molecule has 0 atom stereocenters. The van der Waals surface area contributed by atoms with Gasteiger partial charge in [-0.15, -0.1) is 0 Å². The Morgan fingerprint density at radius 2 is 0.611 bits per heavy atom. The first-order valence-electron chi connectivity index (χ1n) is 6.56. The van der Waals surface area contributed by atoms with Crippen LogP contribution in [0.4, 0.5) is 0 Å². The molecule has 5 rings (SSSR count). The summed E-state index contributed by atoms with van der Waals surface area (Å²) in [4.78, 5) is 0. The van der Waals surface area contributed by atoms with E-state index in [1.54, 1.807) is 0 Å². The van der Waals surface area contributed by atoms with Crippen molar-refractivity contribution in [3.8, 4) is 0 Å². The average molecular weight is 252 g/mol. The smallest absolute Gasteiger partial charge is 0.403 e. The fourth-order valence-corrected chi connectivity index (χ4v) is 3.47. The van der Waals surface area contributed by atoms with Crippen LogP contribution in [0.5, 0.6) is 0 Å². The molecule has 4 saturated heterocycles.